The van der Waals surface area contributed by atoms with Gasteiger partial charge in [0.1, 0.15) is 5.75 Å². The van der Waals surface area contributed by atoms with Gasteiger partial charge in [0.25, 0.3) is 0 Å². The Hall–Kier alpha value is -0.870. The molecule has 3 nitrogen and oxygen atoms in total. The van der Waals surface area contributed by atoms with Crippen LogP contribution in [0.3, 0.4) is 0 Å². The molecule has 0 radical (unpaired) electrons. The second-order valence-electron chi connectivity index (χ2n) is 3.36. The van der Waals surface area contributed by atoms with Crippen molar-refractivity contribution in [3.8, 4) is 5.75 Å². The molecule has 0 aliphatic carbocycles. The fraction of sp³-hybridized carbons (Fsp3) is 0.455. The molecule has 0 heterocycles. The topological polar surface area (TPSA) is 52.3 Å². The average molecular weight is 227 g/mol. The van der Waals surface area contributed by atoms with Crippen LogP contribution >= 0.6 is 0 Å². The minimum atomic E-state index is -1.03. The highest BCUT2D eigenvalue weighted by atomic mass is 32.2. The van der Waals surface area contributed by atoms with Gasteiger partial charge in [-0.1, -0.05) is 13.0 Å². The van der Waals surface area contributed by atoms with E-state index >= 15 is 0 Å². The summed E-state index contributed by atoms with van der Waals surface area (Å²) in [5, 5.41) is 0. The molecular formula is C11H17NO2S. The van der Waals surface area contributed by atoms with Crippen LogP contribution in [0, 0.1) is 0 Å². The summed E-state index contributed by atoms with van der Waals surface area (Å²) in [6.45, 7) is 1.99. The number of nitrogens with two attached hydrogens (primary N) is 1. The summed E-state index contributed by atoms with van der Waals surface area (Å²) in [5.74, 6) is 1.23. The highest BCUT2D eigenvalue weighted by Crippen LogP contribution is 2.16. The molecule has 4 heteroatoms. The largest absolute Gasteiger partial charge is 0.497 e. The van der Waals surface area contributed by atoms with E-state index in [1.54, 1.807) is 13.2 Å². The molecule has 2 N–H and O–H groups in total. The van der Waals surface area contributed by atoms with Crippen LogP contribution in [0.1, 0.15) is 13.3 Å². The summed E-state index contributed by atoms with van der Waals surface area (Å²) in [5.41, 5.74) is 5.76. The van der Waals surface area contributed by atoms with Gasteiger partial charge in [-0.2, -0.15) is 0 Å². The second-order valence-corrected chi connectivity index (χ2v) is 4.86. The maximum absolute atomic E-state index is 11.9. The molecule has 84 valence electrons. The average Bonchev–Trinajstić information content (AvgIpc) is 2.28. The molecule has 1 aromatic carbocycles. The monoisotopic (exact) mass is 227 g/mol. The van der Waals surface area contributed by atoms with Crippen LogP contribution in [0.15, 0.2) is 29.2 Å². The molecule has 0 fully saturated rings. The maximum Gasteiger partial charge on any atom is 0.120 e. The Bertz CT molecular complexity index is 341. The molecule has 0 aromatic heterocycles. The van der Waals surface area contributed by atoms with Gasteiger partial charge in [0, 0.05) is 16.7 Å². The second kappa shape index (κ2) is 5.88. The first kappa shape index (κ1) is 12.2. The Kier molecular flexibility index (Phi) is 4.78. The van der Waals surface area contributed by atoms with Gasteiger partial charge in [-0.25, -0.2) is 0 Å². The molecule has 2 unspecified atom stereocenters. The number of benzene rings is 1. The summed E-state index contributed by atoms with van der Waals surface area (Å²) in [6, 6.07) is 7.29. The Morgan fingerprint density at radius 3 is 2.87 bits per heavy atom. The van der Waals surface area contributed by atoms with Crippen molar-refractivity contribution in [3.63, 3.8) is 0 Å². The highest BCUT2D eigenvalue weighted by molar-refractivity contribution is 7.85. The molecule has 0 saturated heterocycles. The van der Waals surface area contributed by atoms with Gasteiger partial charge in [-0.05, 0) is 24.6 Å². The molecule has 1 rings (SSSR count). The third-order valence-corrected chi connectivity index (χ3v) is 3.70. The Labute approximate surface area is 93.1 Å². The summed E-state index contributed by atoms with van der Waals surface area (Å²) < 4.78 is 16.9. The van der Waals surface area contributed by atoms with E-state index in [4.69, 9.17) is 10.5 Å². The summed E-state index contributed by atoms with van der Waals surface area (Å²) >= 11 is 0. The van der Waals surface area contributed by atoms with Gasteiger partial charge in [0.15, 0.2) is 0 Å². The summed E-state index contributed by atoms with van der Waals surface area (Å²) in [6.07, 6.45) is 0.843. The molecule has 1 aromatic rings. The molecular weight excluding hydrogens is 210 g/mol. The minimum Gasteiger partial charge on any atom is -0.497 e. The Balaban J connectivity index is 2.73. The number of hydrogen-bond donors (Lipinski definition) is 1. The third-order valence-electron chi connectivity index (χ3n) is 2.19. The van der Waals surface area contributed by atoms with Gasteiger partial charge in [0.2, 0.25) is 0 Å². The fourth-order valence-corrected chi connectivity index (χ4v) is 2.45. The molecule has 0 amide bonds. The van der Waals surface area contributed by atoms with E-state index < -0.39 is 10.8 Å². The zero-order valence-electron chi connectivity index (χ0n) is 9.10. The van der Waals surface area contributed by atoms with E-state index in [1.165, 1.54) is 0 Å². The van der Waals surface area contributed by atoms with Crippen LogP contribution in [0.2, 0.25) is 0 Å². The highest BCUT2D eigenvalue weighted by Gasteiger charge is 2.09. The summed E-state index contributed by atoms with van der Waals surface area (Å²) in [7, 11) is 0.567. The SMILES string of the molecule is CCC(N)CS(=O)c1cccc(OC)c1. The fourth-order valence-electron chi connectivity index (χ4n) is 1.15. The lowest BCUT2D eigenvalue weighted by molar-refractivity contribution is 0.413. The molecule has 0 aliphatic rings. The predicted octanol–water partition coefficient (Wildman–Crippen LogP) is 1.54. The third kappa shape index (κ3) is 3.64. The molecule has 0 aliphatic heterocycles. The van der Waals surface area contributed by atoms with Crippen LogP contribution in [0.4, 0.5) is 0 Å². The van der Waals surface area contributed by atoms with E-state index in [1.807, 2.05) is 25.1 Å². The van der Waals surface area contributed by atoms with Crippen molar-refractivity contribution in [1.82, 2.24) is 0 Å². The van der Waals surface area contributed by atoms with Crippen molar-refractivity contribution < 1.29 is 8.95 Å². The predicted molar refractivity (Wildman–Crippen MR) is 62.5 cm³/mol. The van der Waals surface area contributed by atoms with Crippen molar-refractivity contribution in [2.75, 3.05) is 12.9 Å². The number of ether oxygens (including phenoxy) is 1. The van der Waals surface area contributed by atoms with E-state index in [2.05, 4.69) is 0 Å². The zero-order valence-corrected chi connectivity index (χ0v) is 9.92. The van der Waals surface area contributed by atoms with Gasteiger partial charge in [-0.15, -0.1) is 0 Å². The normalized spacial score (nSPS) is 14.6. The first-order valence-electron chi connectivity index (χ1n) is 4.95. The van der Waals surface area contributed by atoms with E-state index in [-0.39, 0.29) is 6.04 Å². The molecule has 0 bridgehead atoms. The van der Waals surface area contributed by atoms with E-state index in [0.717, 1.165) is 17.1 Å². The number of rotatable bonds is 5. The lowest BCUT2D eigenvalue weighted by atomic mass is 10.3. The van der Waals surface area contributed by atoms with E-state index in [0.29, 0.717) is 5.75 Å². The van der Waals surface area contributed by atoms with Crippen LogP contribution in [0.5, 0.6) is 5.75 Å². The van der Waals surface area contributed by atoms with Crippen molar-refractivity contribution >= 4 is 10.8 Å². The first-order valence-corrected chi connectivity index (χ1v) is 6.27. The quantitative estimate of drug-likeness (QED) is 0.830. The first-order chi connectivity index (χ1) is 7.17. The van der Waals surface area contributed by atoms with Crippen molar-refractivity contribution in [2.24, 2.45) is 5.73 Å². The smallest absolute Gasteiger partial charge is 0.120 e. The van der Waals surface area contributed by atoms with Crippen LogP contribution in [-0.2, 0) is 10.8 Å². The number of hydrogen-bond acceptors (Lipinski definition) is 3. The van der Waals surface area contributed by atoms with E-state index in [9.17, 15) is 4.21 Å². The standard InChI is InChI=1S/C11H17NO2S/c1-3-9(12)8-15(13)11-6-4-5-10(7-11)14-2/h4-7,9H,3,8,12H2,1-2H3. The molecule has 2 atom stereocenters. The van der Waals surface area contributed by atoms with Gasteiger partial charge in [-0.3, -0.25) is 4.21 Å². The molecule has 0 spiro atoms. The lowest BCUT2D eigenvalue weighted by Crippen LogP contribution is -2.25. The number of methoxy groups -OCH3 is 1. The van der Waals surface area contributed by atoms with Gasteiger partial charge >= 0.3 is 0 Å². The zero-order chi connectivity index (χ0) is 11.3. The minimum absolute atomic E-state index is 0.00275. The Morgan fingerprint density at radius 2 is 2.27 bits per heavy atom. The van der Waals surface area contributed by atoms with Crippen LogP contribution in [0.25, 0.3) is 0 Å². The van der Waals surface area contributed by atoms with Gasteiger partial charge < -0.3 is 10.5 Å². The van der Waals surface area contributed by atoms with Crippen molar-refractivity contribution in [3.05, 3.63) is 24.3 Å². The van der Waals surface area contributed by atoms with Gasteiger partial charge in [0.05, 0.1) is 17.9 Å². The maximum atomic E-state index is 11.9. The van der Waals surface area contributed by atoms with Crippen LogP contribution in [-0.4, -0.2) is 23.1 Å². The van der Waals surface area contributed by atoms with Crippen LogP contribution < -0.4 is 10.5 Å². The van der Waals surface area contributed by atoms with Crippen molar-refractivity contribution in [2.45, 2.75) is 24.3 Å². The Morgan fingerprint density at radius 1 is 1.53 bits per heavy atom. The summed E-state index contributed by atoms with van der Waals surface area (Å²) in [4.78, 5) is 0.776. The molecule has 0 saturated carbocycles. The van der Waals surface area contributed by atoms with Crippen molar-refractivity contribution in [1.29, 1.82) is 0 Å². The lowest BCUT2D eigenvalue weighted by Gasteiger charge is -2.09. The molecule has 15 heavy (non-hydrogen) atoms.